The van der Waals surface area contributed by atoms with Gasteiger partial charge in [0.2, 0.25) is 11.8 Å². The van der Waals surface area contributed by atoms with Crippen molar-refractivity contribution in [2.24, 2.45) is 0 Å². The number of fused-ring (bicyclic) bond motifs is 3. The first-order chi connectivity index (χ1) is 15.1. The van der Waals surface area contributed by atoms with E-state index in [-0.39, 0.29) is 37.2 Å². The van der Waals surface area contributed by atoms with E-state index in [9.17, 15) is 27.6 Å². The number of carbonyl (C=O) groups is 3. The van der Waals surface area contributed by atoms with Gasteiger partial charge in [0.05, 0.1) is 16.8 Å². The van der Waals surface area contributed by atoms with Crippen molar-refractivity contribution in [3.05, 3.63) is 65.2 Å². The van der Waals surface area contributed by atoms with Gasteiger partial charge in [-0.3, -0.25) is 19.3 Å². The van der Waals surface area contributed by atoms with Crippen LogP contribution < -0.4 is 10.2 Å². The molecule has 32 heavy (non-hydrogen) atoms. The number of halogens is 3. The fraction of sp³-hybridized carbons (Fsp3) is 0.348. The molecule has 0 aromatic heterocycles. The Labute approximate surface area is 183 Å². The van der Waals surface area contributed by atoms with Crippen molar-refractivity contribution < 1.29 is 27.6 Å². The summed E-state index contributed by atoms with van der Waals surface area (Å²) < 4.78 is 38.0. The average Bonchev–Trinajstić information content (AvgIpc) is 3.07. The van der Waals surface area contributed by atoms with Crippen LogP contribution in [-0.2, 0) is 22.3 Å². The predicted octanol–water partition coefficient (Wildman–Crippen LogP) is 3.71. The molecule has 1 atom stereocenters. The number of nitrogens with one attached hydrogen (secondary N) is 1. The maximum atomic E-state index is 13.1. The second-order valence-electron chi connectivity index (χ2n) is 8.14. The van der Waals surface area contributed by atoms with Crippen LogP contribution in [0, 0.1) is 0 Å². The number of nitrogens with zero attached hydrogens (tertiary/aromatic N) is 2. The zero-order valence-corrected chi connectivity index (χ0v) is 17.4. The van der Waals surface area contributed by atoms with Crippen LogP contribution in [0.3, 0.4) is 0 Å². The Kier molecular flexibility index (Phi) is 5.44. The van der Waals surface area contributed by atoms with Gasteiger partial charge >= 0.3 is 6.18 Å². The molecule has 2 aromatic carbocycles. The molecule has 168 valence electrons. The van der Waals surface area contributed by atoms with Gasteiger partial charge < -0.3 is 10.2 Å². The van der Waals surface area contributed by atoms with Crippen molar-refractivity contribution in [3.8, 4) is 0 Å². The maximum absolute atomic E-state index is 13.1. The summed E-state index contributed by atoms with van der Waals surface area (Å²) in [4.78, 5) is 41.3. The third-order valence-electron chi connectivity index (χ3n) is 6.08. The third-order valence-corrected chi connectivity index (χ3v) is 6.08. The highest BCUT2D eigenvalue weighted by Crippen LogP contribution is 2.43. The summed E-state index contributed by atoms with van der Waals surface area (Å²) in [6.07, 6.45) is -3.62. The third kappa shape index (κ3) is 3.83. The number of anilines is 1. The molecular weight excluding hydrogens is 423 g/mol. The zero-order valence-electron chi connectivity index (χ0n) is 17.4. The standard InChI is InChI=1S/C23H22F3N3O3/c1-22-12-10-20(31)29(22)18-5-3-2-4-17(18)21(32)28(22)13-11-19(30)27-14-15-6-8-16(9-7-15)23(24,25)26/h2-9H,10-14H2,1H3,(H,27,30). The smallest absolute Gasteiger partial charge is 0.352 e. The molecule has 1 unspecified atom stereocenters. The van der Waals surface area contributed by atoms with Crippen molar-refractivity contribution in [1.82, 2.24) is 10.2 Å². The van der Waals surface area contributed by atoms with Crippen molar-refractivity contribution in [2.45, 2.75) is 44.6 Å². The molecule has 9 heteroatoms. The first-order valence-corrected chi connectivity index (χ1v) is 10.3. The summed E-state index contributed by atoms with van der Waals surface area (Å²) >= 11 is 0. The molecule has 0 aliphatic carbocycles. The van der Waals surface area contributed by atoms with Gasteiger partial charge in [-0.1, -0.05) is 24.3 Å². The molecule has 1 N–H and O–H groups in total. The molecule has 6 nitrogen and oxygen atoms in total. The molecule has 4 rings (SSSR count). The van der Waals surface area contributed by atoms with E-state index in [2.05, 4.69) is 5.32 Å². The van der Waals surface area contributed by atoms with Gasteiger partial charge in [0.25, 0.3) is 5.91 Å². The SMILES string of the molecule is CC12CCC(=O)N1c1ccccc1C(=O)N2CCC(=O)NCc1ccc(C(F)(F)F)cc1. The highest BCUT2D eigenvalue weighted by atomic mass is 19.4. The van der Waals surface area contributed by atoms with Gasteiger partial charge in [0.1, 0.15) is 5.66 Å². The number of hydrogen-bond donors (Lipinski definition) is 1. The molecule has 1 fully saturated rings. The van der Waals surface area contributed by atoms with Crippen molar-refractivity contribution in [3.63, 3.8) is 0 Å². The van der Waals surface area contributed by atoms with Gasteiger partial charge in [-0.05, 0) is 43.2 Å². The summed E-state index contributed by atoms with van der Waals surface area (Å²) in [6.45, 7) is 2.02. The minimum absolute atomic E-state index is 0.00611. The first kappa shape index (κ1) is 21.9. The topological polar surface area (TPSA) is 69.7 Å². The van der Waals surface area contributed by atoms with E-state index < -0.39 is 17.4 Å². The molecule has 2 aliphatic heterocycles. The van der Waals surface area contributed by atoms with E-state index in [1.807, 2.05) is 6.92 Å². The Balaban J connectivity index is 1.41. The van der Waals surface area contributed by atoms with E-state index >= 15 is 0 Å². The molecule has 1 saturated heterocycles. The van der Waals surface area contributed by atoms with Gasteiger partial charge in [0.15, 0.2) is 0 Å². The monoisotopic (exact) mass is 445 g/mol. The summed E-state index contributed by atoms with van der Waals surface area (Å²) in [5, 5.41) is 2.67. The number of amides is 3. The first-order valence-electron chi connectivity index (χ1n) is 10.3. The van der Waals surface area contributed by atoms with Crippen LogP contribution >= 0.6 is 0 Å². The lowest BCUT2D eigenvalue weighted by molar-refractivity contribution is -0.137. The maximum Gasteiger partial charge on any atom is 0.416 e. The number of hydrogen-bond acceptors (Lipinski definition) is 3. The highest BCUT2D eigenvalue weighted by Gasteiger charge is 2.52. The predicted molar refractivity (Wildman–Crippen MR) is 111 cm³/mol. The number of benzene rings is 2. The van der Waals surface area contributed by atoms with E-state index in [4.69, 9.17) is 0 Å². The minimum atomic E-state index is -4.41. The second-order valence-corrected chi connectivity index (χ2v) is 8.14. The lowest BCUT2D eigenvalue weighted by Crippen LogP contribution is -2.62. The molecule has 0 radical (unpaired) electrons. The van der Waals surface area contributed by atoms with E-state index in [1.54, 1.807) is 34.1 Å². The summed E-state index contributed by atoms with van der Waals surface area (Å²) in [6, 6.07) is 11.5. The van der Waals surface area contributed by atoms with E-state index in [0.717, 1.165) is 12.1 Å². The largest absolute Gasteiger partial charge is 0.416 e. The van der Waals surface area contributed by atoms with Crippen molar-refractivity contribution >= 4 is 23.4 Å². The van der Waals surface area contributed by atoms with Crippen LogP contribution in [0.15, 0.2) is 48.5 Å². The summed E-state index contributed by atoms with van der Waals surface area (Å²) in [5.41, 5.74) is -0.0407. The van der Waals surface area contributed by atoms with Crippen LogP contribution in [0.25, 0.3) is 0 Å². The minimum Gasteiger partial charge on any atom is -0.352 e. The zero-order chi connectivity index (χ0) is 23.1. The second kappa shape index (κ2) is 7.96. The molecule has 3 amide bonds. The van der Waals surface area contributed by atoms with Crippen LogP contribution in [0.5, 0.6) is 0 Å². The highest BCUT2D eigenvalue weighted by molar-refractivity contribution is 6.10. The van der Waals surface area contributed by atoms with Gasteiger partial charge in [-0.2, -0.15) is 13.2 Å². The van der Waals surface area contributed by atoms with Gasteiger partial charge in [-0.25, -0.2) is 0 Å². The molecule has 0 spiro atoms. The summed E-state index contributed by atoms with van der Waals surface area (Å²) in [7, 11) is 0. The fourth-order valence-corrected chi connectivity index (χ4v) is 4.36. The molecule has 2 aliphatic rings. The normalized spacial score (nSPS) is 20.2. The lowest BCUT2D eigenvalue weighted by Gasteiger charge is -2.48. The van der Waals surface area contributed by atoms with Crippen LogP contribution in [0.2, 0.25) is 0 Å². The van der Waals surface area contributed by atoms with Crippen molar-refractivity contribution in [1.29, 1.82) is 0 Å². The van der Waals surface area contributed by atoms with Crippen LogP contribution in [-0.4, -0.2) is 34.8 Å². The number of alkyl halides is 3. The van der Waals surface area contributed by atoms with Crippen molar-refractivity contribution in [2.75, 3.05) is 11.4 Å². The Morgan fingerprint density at radius 1 is 1.09 bits per heavy atom. The molecule has 2 heterocycles. The quantitative estimate of drug-likeness (QED) is 0.763. The lowest BCUT2D eigenvalue weighted by atomic mass is 9.98. The van der Waals surface area contributed by atoms with Crippen LogP contribution in [0.1, 0.15) is 47.7 Å². The van der Waals surface area contributed by atoms with E-state index in [1.165, 1.54) is 12.1 Å². The Bertz CT molecular complexity index is 1070. The van der Waals surface area contributed by atoms with Crippen LogP contribution in [0.4, 0.5) is 18.9 Å². The van der Waals surface area contributed by atoms with Gasteiger partial charge in [0, 0.05) is 25.9 Å². The average molecular weight is 445 g/mol. The number of para-hydroxylation sites is 1. The Hall–Kier alpha value is -3.36. The summed E-state index contributed by atoms with van der Waals surface area (Å²) in [5.74, 6) is -0.634. The Morgan fingerprint density at radius 2 is 1.78 bits per heavy atom. The molecule has 0 saturated carbocycles. The fourth-order valence-electron chi connectivity index (χ4n) is 4.36. The Morgan fingerprint density at radius 3 is 2.47 bits per heavy atom. The molecular formula is C23H22F3N3O3. The number of rotatable bonds is 5. The number of carbonyl (C=O) groups excluding carboxylic acids is 3. The molecule has 2 aromatic rings. The molecule has 0 bridgehead atoms. The van der Waals surface area contributed by atoms with E-state index in [0.29, 0.717) is 29.7 Å². The van der Waals surface area contributed by atoms with Gasteiger partial charge in [-0.15, -0.1) is 0 Å².